The Hall–Kier alpha value is -2.66. The Bertz CT molecular complexity index is 1150. The van der Waals surface area contributed by atoms with E-state index in [0.717, 1.165) is 39.2 Å². The second-order valence-electron chi connectivity index (χ2n) is 8.43. The van der Waals surface area contributed by atoms with Crippen LogP contribution in [0, 0.1) is 0 Å². The highest BCUT2D eigenvalue weighted by atomic mass is 32.1. The minimum atomic E-state index is -0.691. The predicted octanol–water partition coefficient (Wildman–Crippen LogP) is 6.51. The van der Waals surface area contributed by atoms with Gasteiger partial charge in [-0.15, -0.1) is 11.3 Å². The second-order valence-corrected chi connectivity index (χ2v) is 9.48. The molecular formula is C28H29NO2S. The minimum Gasteiger partial charge on any atom is -0.492 e. The molecule has 3 nitrogen and oxygen atoms in total. The number of hydrogen-bond acceptors (Lipinski definition) is 4. The molecule has 1 N–H and O–H groups in total. The summed E-state index contributed by atoms with van der Waals surface area (Å²) in [4.78, 5) is 3.61. The third kappa shape index (κ3) is 4.58. The van der Waals surface area contributed by atoms with Crippen molar-refractivity contribution in [3.05, 3.63) is 90.0 Å². The van der Waals surface area contributed by atoms with Gasteiger partial charge in [-0.3, -0.25) is 4.90 Å². The highest BCUT2D eigenvalue weighted by Crippen LogP contribution is 2.43. The van der Waals surface area contributed by atoms with Crippen LogP contribution in [-0.4, -0.2) is 36.2 Å². The number of benzene rings is 3. The van der Waals surface area contributed by atoms with Crippen LogP contribution in [0.25, 0.3) is 20.5 Å². The molecule has 1 fully saturated rings. The lowest BCUT2D eigenvalue weighted by atomic mass is 9.96. The molecule has 0 bridgehead atoms. The Kier molecular flexibility index (Phi) is 6.54. The van der Waals surface area contributed by atoms with E-state index in [1.807, 2.05) is 48.5 Å². The molecule has 164 valence electrons. The maximum Gasteiger partial charge on any atom is 0.119 e. The van der Waals surface area contributed by atoms with Crippen LogP contribution < -0.4 is 4.74 Å². The highest BCUT2D eigenvalue weighted by Gasteiger charge is 2.21. The van der Waals surface area contributed by atoms with Crippen molar-refractivity contribution < 1.29 is 9.84 Å². The van der Waals surface area contributed by atoms with E-state index in [1.54, 1.807) is 11.3 Å². The fourth-order valence-corrected chi connectivity index (χ4v) is 5.77. The molecule has 1 atom stereocenters. The van der Waals surface area contributed by atoms with Gasteiger partial charge < -0.3 is 9.84 Å². The molecule has 1 aliphatic heterocycles. The number of nitrogens with zero attached hydrogens (tertiary/aromatic N) is 1. The lowest BCUT2D eigenvalue weighted by Crippen LogP contribution is -2.33. The first-order valence-corrected chi connectivity index (χ1v) is 12.3. The Morgan fingerprint density at radius 3 is 2.34 bits per heavy atom. The largest absolute Gasteiger partial charge is 0.492 e. The van der Waals surface area contributed by atoms with Gasteiger partial charge in [0.2, 0.25) is 0 Å². The molecule has 0 amide bonds. The van der Waals surface area contributed by atoms with Gasteiger partial charge in [0.1, 0.15) is 18.5 Å². The minimum absolute atomic E-state index is 0.691. The third-order valence-electron chi connectivity index (χ3n) is 6.26. The molecular weight excluding hydrogens is 414 g/mol. The summed E-state index contributed by atoms with van der Waals surface area (Å²) in [6.45, 7) is 4.06. The smallest absolute Gasteiger partial charge is 0.119 e. The van der Waals surface area contributed by atoms with Crippen LogP contribution in [0.1, 0.15) is 36.5 Å². The quantitative estimate of drug-likeness (QED) is 0.353. The van der Waals surface area contributed by atoms with E-state index >= 15 is 0 Å². The number of piperidine rings is 1. The van der Waals surface area contributed by atoms with Gasteiger partial charge in [0, 0.05) is 21.7 Å². The fourth-order valence-electron chi connectivity index (χ4n) is 4.53. The summed E-state index contributed by atoms with van der Waals surface area (Å²) in [5, 5.41) is 12.5. The number of rotatable bonds is 7. The Labute approximate surface area is 193 Å². The summed E-state index contributed by atoms with van der Waals surface area (Å²) in [7, 11) is 0. The molecule has 5 rings (SSSR count). The number of likely N-dealkylation sites (tertiary alicyclic amines) is 1. The normalized spacial score (nSPS) is 15.7. The van der Waals surface area contributed by atoms with E-state index in [4.69, 9.17) is 4.74 Å². The molecule has 1 unspecified atom stereocenters. The van der Waals surface area contributed by atoms with Crippen LogP contribution in [0.5, 0.6) is 5.75 Å². The maximum atomic E-state index is 11.4. The average molecular weight is 444 g/mol. The summed E-state index contributed by atoms with van der Waals surface area (Å²) in [5.74, 6) is 0.858. The molecule has 4 heteroatoms. The standard InChI is InChI=1S/C28H29NO2S/c30-27(21-13-15-23(16-14-21)31-20-19-29-17-7-2-8-18-29)26-24-11-5-6-12-25(24)32-28(26)22-9-3-1-4-10-22/h1,3-6,9-16,27,30H,2,7-8,17-20H2. The van der Waals surface area contributed by atoms with Crippen LogP contribution >= 0.6 is 11.3 Å². The van der Waals surface area contributed by atoms with Crippen molar-refractivity contribution in [1.29, 1.82) is 0 Å². The van der Waals surface area contributed by atoms with Crippen LogP contribution in [0.4, 0.5) is 0 Å². The van der Waals surface area contributed by atoms with Crippen molar-refractivity contribution >= 4 is 21.4 Å². The Morgan fingerprint density at radius 2 is 1.56 bits per heavy atom. The molecule has 32 heavy (non-hydrogen) atoms. The van der Waals surface area contributed by atoms with Gasteiger partial charge in [0.25, 0.3) is 0 Å². The van der Waals surface area contributed by atoms with Gasteiger partial charge >= 0.3 is 0 Å². The number of thiophene rings is 1. The average Bonchev–Trinajstić information content (AvgIpc) is 3.25. The summed E-state index contributed by atoms with van der Waals surface area (Å²) in [6, 6.07) is 26.6. The molecule has 2 heterocycles. The van der Waals surface area contributed by atoms with Crippen molar-refractivity contribution in [2.45, 2.75) is 25.4 Å². The Morgan fingerprint density at radius 1 is 0.844 bits per heavy atom. The van der Waals surface area contributed by atoms with Crippen molar-refractivity contribution in [1.82, 2.24) is 4.90 Å². The lowest BCUT2D eigenvalue weighted by Gasteiger charge is -2.26. The van der Waals surface area contributed by atoms with E-state index in [1.165, 1.54) is 37.1 Å². The van der Waals surface area contributed by atoms with Crippen LogP contribution in [0.3, 0.4) is 0 Å². The van der Waals surface area contributed by atoms with Gasteiger partial charge in [-0.1, -0.05) is 67.1 Å². The first kappa shape index (κ1) is 21.2. The van der Waals surface area contributed by atoms with Crippen molar-refractivity contribution in [3.8, 4) is 16.2 Å². The molecule has 0 aliphatic carbocycles. The monoisotopic (exact) mass is 443 g/mol. The van der Waals surface area contributed by atoms with Gasteiger partial charge in [0.05, 0.1) is 0 Å². The van der Waals surface area contributed by atoms with E-state index < -0.39 is 6.10 Å². The Balaban J connectivity index is 1.35. The second kappa shape index (κ2) is 9.86. The van der Waals surface area contributed by atoms with Gasteiger partial charge in [-0.25, -0.2) is 0 Å². The van der Waals surface area contributed by atoms with Crippen molar-refractivity contribution in [2.75, 3.05) is 26.2 Å². The van der Waals surface area contributed by atoms with E-state index in [9.17, 15) is 5.11 Å². The zero-order valence-electron chi connectivity index (χ0n) is 18.2. The molecule has 1 aliphatic rings. The van der Waals surface area contributed by atoms with Crippen molar-refractivity contribution in [3.63, 3.8) is 0 Å². The number of fused-ring (bicyclic) bond motifs is 1. The molecule has 4 aromatic rings. The molecule has 0 saturated carbocycles. The molecule has 1 saturated heterocycles. The zero-order chi connectivity index (χ0) is 21.8. The molecule has 1 aromatic heterocycles. The SMILES string of the molecule is OC(c1ccc(OCCN2CCCCC2)cc1)c1c(-c2ccccc2)sc2ccccc12. The topological polar surface area (TPSA) is 32.7 Å². The number of aliphatic hydroxyl groups excluding tert-OH is 1. The first-order chi connectivity index (χ1) is 15.8. The summed E-state index contributed by atoms with van der Waals surface area (Å²) >= 11 is 1.74. The van der Waals surface area contributed by atoms with Crippen molar-refractivity contribution in [2.24, 2.45) is 0 Å². The van der Waals surface area contributed by atoms with Crippen LogP contribution in [-0.2, 0) is 0 Å². The van der Waals surface area contributed by atoms with Crippen LogP contribution in [0.2, 0.25) is 0 Å². The third-order valence-corrected chi connectivity index (χ3v) is 7.50. The van der Waals surface area contributed by atoms with Crippen LogP contribution in [0.15, 0.2) is 78.9 Å². The number of ether oxygens (including phenoxy) is 1. The van der Waals surface area contributed by atoms with Gasteiger partial charge in [-0.2, -0.15) is 0 Å². The van der Waals surface area contributed by atoms with Gasteiger partial charge in [0.15, 0.2) is 0 Å². The van der Waals surface area contributed by atoms with Gasteiger partial charge in [-0.05, 0) is 60.6 Å². The lowest BCUT2D eigenvalue weighted by molar-refractivity contribution is 0.183. The molecule has 0 spiro atoms. The van der Waals surface area contributed by atoms with E-state index in [-0.39, 0.29) is 0 Å². The zero-order valence-corrected chi connectivity index (χ0v) is 19.1. The summed E-state index contributed by atoms with van der Waals surface area (Å²) in [6.07, 6.45) is 3.26. The number of hydrogen-bond donors (Lipinski definition) is 1. The van der Waals surface area contributed by atoms with E-state index in [0.29, 0.717) is 6.61 Å². The number of aliphatic hydroxyl groups is 1. The summed E-state index contributed by atoms with van der Waals surface area (Å²) in [5.41, 5.74) is 3.00. The molecule has 0 radical (unpaired) electrons. The predicted molar refractivity (Wildman–Crippen MR) is 134 cm³/mol. The maximum absolute atomic E-state index is 11.4. The molecule has 3 aromatic carbocycles. The summed E-state index contributed by atoms with van der Waals surface area (Å²) < 4.78 is 7.17. The van der Waals surface area contributed by atoms with E-state index in [2.05, 4.69) is 35.2 Å². The first-order valence-electron chi connectivity index (χ1n) is 11.5. The highest BCUT2D eigenvalue weighted by molar-refractivity contribution is 7.22. The fraction of sp³-hybridized carbons (Fsp3) is 0.286.